The fraction of sp³-hybridized carbons (Fsp3) is 0.500. The maximum absolute atomic E-state index is 13.4. The molecule has 1 atom stereocenters. The van der Waals surface area contributed by atoms with Crippen LogP contribution in [0.4, 0.5) is 4.39 Å². The van der Waals surface area contributed by atoms with Gasteiger partial charge in [-0.15, -0.1) is 0 Å². The molecule has 0 aliphatic heterocycles. The summed E-state index contributed by atoms with van der Waals surface area (Å²) in [5.74, 6) is 1.34. The minimum absolute atomic E-state index is 0.114. The number of carbonyl (C=O) groups is 1. The Balaban J connectivity index is 2.44. The topological polar surface area (TPSA) is 29.1 Å². The van der Waals surface area contributed by atoms with E-state index in [-0.39, 0.29) is 17.6 Å². The number of halogens is 1. The van der Waals surface area contributed by atoms with E-state index in [1.54, 1.807) is 23.9 Å². The first-order valence-corrected chi connectivity index (χ1v) is 7.41. The van der Waals surface area contributed by atoms with Crippen LogP contribution in [0.25, 0.3) is 0 Å². The highest BCUT2D eigenvalue weighted by Gasteiger charge is 2.15. The number of thioether (sulfide) groups is 1. The number of nitrogens with one attached hydrogen (secondary N) is 1. The van der Waals surface area contributed by atoms with Crippen molar-refractivity contribution in [2.45, 2.75) is 32.1 Å². The van der Waals surface area contributed by atoms with Crippen LogP contribution in [0.15, 0.2) is 24.3 Å². The molecular weight excluding hydrogens is 249 g/mol. The van der Waals surface area contributed by atoms with E-state index in [0.29, 0.717) is 23.5 Å². The number of hydrogen-bond donors (Lipinski definition) is 1. The summed E-state index contributed by atoms with van der Waals surface area (Å²) < 4.78 is 13.4. The summed E-state index contributed by atoms with van der Waals surface area (Å²) in [4.78, 5) is 11.7. The van der Waals surface area contributed by atoms with Gasteiger partial charge in [-0.1, -0.05) is 32.0 Å². The normalized spacial score (nSPS) is 12.4. The van der Waals surface area contributed by atoms with Gasteiger partial charge >= 0.3 is 0 Å². The van der Waals surface area contributed by atoms with Crippen LogP contribution in [0, 0.1) is 5.82 Å². The largest absolute Gasteiger partial charge is 0.307 e. The van der Waals surface area contributed by atoms with Gasteiger partial charge in [-0.05, 0) is 18.2 Å². The summed E-state index contributed by atoms with van der Waals surface area (Å²) in [5, 5.41) is 3.17. The first-order valence-electron chi connectivity index (χ1n) is 6.26. The molecule has 0 aliphatic rings. The molecule has 1 N–H and O–H groups in total. The molecule has 0 heterocycles. The van der Waals surface area contributed by atoms with Crippen molar-refractivity contribution in [3.63, 3.8) is 0 Å². The van der Waals surface area contributed by atoms with Crippen molar-refractivity contribution in [3.05, 3.63) is 35.6 Å². The molecule has 2 nitrogen and oxygen atoms in total. The molecule has 0 saturated carbocycles. The van der Waals surface area contributed by atoms with Crippen LogP contribution in [0.3, 0.4) is 0 Å². The van der Waals surface area contributed by atoms with E-state index in [0.717, 1.165) is 6.54 Å². The van der Waals surface area contributed by atoms with Gasteiger partial charge in [0.25, 0.3) is 0 Å². The van der Waals surface area contributed by atoms with Crippen molar-refractivity contribution in [1.82, 2.24) is 5.32 Å². The van der Waals surface area contributed by atoms with Crippen LogP contribution < -0.4 is 5.32 Å². The van der Waals surface area contributed by atoms with Gasteiger partial charge in [0.1, 0.15) is 11.6 Å². The Hall–Kier alpha value is -0.870. The Bertz CT molecular complexity index is 384. The zero-order valence-electron chi connectivity index (χ0n) is 10.9. The standard InChI is InChI=1S/C14H20FNOS/c1-3-14(17)13(16-4-2)10-18-9-11-7-5-6-8-12(11)15/h5-8,13,16H,3-4,9-10H2,1-2H3. The van der Waals surface area contributed by atoms with Gasteiger partial charge in [-0.2, -0.15) is 11.8 Å². The molecule has 0 aliphatic carbocycles. The molecular formula is C14H20FNOS. The minimum atomic E-state index is -0.174. The Morgan fingerprint density at radius 2 is 2.11 bits per heavy atom. The lowest BCUT2D eigenvalue weighted by atomic mass is 10.2. The van der Waals surface area contributed by atoms with Crippen molar-refractivity contribution in [2.24, 2.45) is 0 Å². The van der Waals surface area contributed by atoms with E-state index in [2.05, 4.69) is 5.32 Å². The van der Waals surface area contributed by atoms with E-state index < -0.39 is 0 Å². The number of likely N-dealkylation sites (N-methyl/N-ethyl adjacent to an activating group) is 1. The zero-order chi connectivity index (χ0) is 13.4. The maximum atomic E-state index is 13.4. The summed E-state index contributed by atoms with van der Waals surface area (Å²) in [6.07, 6.45) is 0.540. The third-order valence-corrected chi connectivity index (χ3v) is 3.77. The maximum Gasteiger partial charge on any atom is 0.150 e. The van der Waals surface area contributed by atoms with Gasteiger partial charge in [0.2, 0.25) is 0 Å². The number of benzene rings is 1. The molecule has 0 amide bonds. The number of carbonyl (C=O) groups excluding carboxylic acids is 1. The van der Waals surface area contributed by atoms with Gasteiger partial charge in [-0.3, -0.25) is 4.79 Å². The van der Waals surface area contributed by atoms with E-state index in [1.165, 1.54) is 6.07 Å². The van der Waals surface area contributed by atoms with Crippen molar-refractivity contribution >= 4 is 17.5 Å². The summed E-state index contributed by atoms with van der Waals surface area (Å²) in [6.45, 7) is 4.63. The second kappa shape index (κ2) is 8.27. The zero-order valence-corrected chi connectivity index (χ0v) is 11.7. The molecule has 1 rings (SSSR count). The van der Waals surface area contributed by atoms with Gasteiger partial charge in [0.05, 0.1) is 6.04 Å². The molecule has 0 radical (unpaired) electrons. The Morgan fingerprint density at radius 3 is 2.72 bits per heavy atom. The number of hydrogen-bond acceptors (Lipinski definition) is 3. The summed E-state index contributed by atoms with van der Waals surface area (Å²) in [5.41, 5.74) is 0.696. The molecule has 0 bridgehead atoms. The average molecular weight is 269 g/mol. The predicted octanol–water partition coefficient (Wildman–Crippen LogP) is 3.02. The molecule has 0 spiro atoms. The third-order valence-electron chi connectivity index (χ3n) is 2.69. The molecule has 0 aromatic heterocycles. The van der Waals surface area contributed by atoms with Crippen molar-refractivity contribution in [1.29, 1.82) is 0 Å². The fourth-order valence-corrected chi connectivity index (χ4v) is 2.77. The van der Waals surface area contributed by atoms with Crippen LogP contribution in [-0.4, -0.2) is 24.1 Å². The lowest BCUT2D eigenvalue weighted by Gasteiger charge is -2.15. The second-order valence-corrected chi connectivity index (χ2v) is 5.07. The third kappa shape index (κ3) is 4.78. The molecule has 1 unspecified atom stereocenters. The first kappa shape index (κ1) is 15.2. The van der Waals surface area contributed by atoms with Crippen LogP contribution >= 0.6 is 11.8 Å². The highest BCUT2D eigenvalue weighted by molar-refractivity contribution is 7.98. The fourth-order valence-electron chi connectivity index (χ4n) is 1.66. The highest BCUT2D eigenvalue weighted by Crippen LogP contribution is 2.16. The van der Waals surface area contributed by atoms with Crippen molar-refractivity contribution < 1.29 is 9.18 Å². The van der Waals surface area contributed by atoms with Crippen LogP contribution in [-0.2, 0) is 10.5 Å². The first-order chi connectivity index (χ1) is 8.69. The monoisotopic (exact) mass is 269 g/mol. The quantitative estimate of drug-likeness (QED) is 0.786. The molecule has 4 heteroatoms. The van der Waals surface area contributed by atoms with E-state index in [9.17, 15) is 9.18 Å². The van der Waals surface area contributed by atoms with Gasteiger partial charge in [-0.25, -0.2) is 4.39 Å². The lowest BCUT2D eigenvalue weighted by Crippen LogP contribution is -2.38. The van der Waals surface area contributed by atoms with Crippen LogP contribution in [0.5, 0.6) is 0 Å². The van der Waals surface area contributed by atoms with Crippen molar-refractivity contribution in [3.8, 4) is 0 Å². The van der Waals surface area contributed by atoms with E-state index in [1.807, 2.05) is 19.9 Å². The Labute approximate surface area is 112 Å². The second-order valence-electron chi connectivity index (χ2n) is 4.04. The predicted molar refractivity (Wildman–Crippen MR) is 75.3 cm³/mol. The lowest BCUT2D eigenvalue weighted by molar-refractivity contribution is -0.120. The summed E-state index contributed by atoms with van der Waals surface area (Å²) >= 11 is 1.59. The van der Waals surface area contributed by atoms with Crippen LogP contribution in [0.1, 0.15) is 25.8 Å². The molecule has 0 fully saturated rings. The van der Waals surface area contributed by atoms with E-state index >= 15 is 0 Å². The van der Waals surface area contributed by atoms with Gasteiger partial charge in [0.15, 0.2) is 0 Å². The number of ketones is 1. The summed E-state index contributed by atoms with van der Waals surface area (Å²) in [7, 11) is 0. The van der Waals surface area contributed by atoms with E-state index in [4.69, 9.17) is 0 Å². The van der Waals surface area contributed by atoms with Crippen LogP contribution in [0.2, 0.25) is 0 Å². The average Bonchev–Trinajstić information content (AvgIpc) is 2.39. The molecule has 1 aromatic carbocycles. The number of Topliss-reactive ketones (excluding diaryl/α,β-unsaturated/α-hetero) is 1. The molecule has 18 heavy (non-hydrogen) atoms. The summed E-state index contributed by atoms with van der Waals surface area (Å²) in [6, 6.07) is 6.65. The van der Waals surface area contributed by atoms with Gasteiger partial charge < -0.3 is 5.32 Å². The number of rotatable bonds is 8. The Morgan fingerprint density at radius 1 is 1.39 bits per heavy atom. The minimum Gasteiger partial charge on any atom is -0.307 e. The molecule has 0 saturated heterocycles. The Kier molecular flexibility index (Phi) is 6.98. The molecule has 1 aromatic rings. The van der Waals surface area contributed by atoms with Gasteiger partial charge in [0, 0.05) is 17.9 Å². The van der Waals surface area contributed by atoms with Crippen molar-refractivity contribution in [2.75, 3.05) is 12.3 Å². The smallest absolute Gasteiger partial charge is 0.150 e. The SMILES string of the molecule is CCNC(CSCc1ccccc1F)C(=O)CC. The molecule has 100 valence electrons. The highest BCUT2D eigenvalue weighted by atomic mass is 32.2.